The molecule has 0 bridgehead atoms. The number of carboxylic acid groups (broad SMARTS) is 1. The topological polar surface area (TPSA) is 92.4 Å². The highest BCUT2D eigenvalue weighted by atomic mass is 16.4. The van der Waals surface area contributed by atoms with Gasteiger partial charge in [0.25, 0.3) is 0 Å². The maximum atomic E-state index is 11.8. The molecule has 0 spiro atoms. The van der Waals surface area contributed by atoms with E-state index in [0.29, 0.717) is 11.2 Å². The van der Waals surface area contributed by atoms with Crippen molar-refractivity contribution in [2.75, 3.05) is 0 Å². The molecular weight excluding hydrogens is 236 g/mol. The molecule has 0 amide bonds. The molecule has 0 fully saturated rings. The highest BCUT2D eigenvalue weighted by molar-refractivity contribution is 5.82. The van der Waals surface area contributed by atoms with Crippen LogP contribution in [-0.2, 0) is 11.3 Å². The summed E-state index contributed by atoms with van der Waals surface area (Å²) in [5.74, 6) is -0.965. The van der Waals surface area contributed by atoms with Crippen molar-refractivity contribution in [1.82, 2.24) is 9.55 Å². The minimum Gasteiger partial charge on any atom is -0.508 e. The fourth-order valence-corrected chi connectivity index (χ4v) is 1.84. The van der Waals surface area contributed by atoms with Crippen LogP contribution in [0, 0.1) is 6.92 Å². The van der Waals surface area contributed by atoms with E-state index < -0.39 is 11.7 Å². The maximum absolute atomic E-state index is 11.8. The first kappa shape index (κ1) is 12.1. The third kappa shape index (κ3) is 2.17. The second-order valence-electron chi connectivity index (χ2n) is 3.98. The van der Waals surface area contributed by atoms with Crippen LogP contribution >= 0.6 is 0 Å². The third-order valence-corrected chi connectivity index (χ3v) is 2.71. The van der Waals surface area contributed by atoms with E-state index in [-0.39, 0.29) is 18.7 Å². The van der Waals surface area contributed by atoms with Gasteiger partial charge in [0.05, 0.1) is 17.6 Å². The van der Waals surface area contributed by atoms with E-state index in [2.05, 4.69) is 4.98 Å². The van der Waals surface area contributed by atoms with Crippen molar-refractivity contribution in [3.8, 4) is 5.75 Å². The van der Waals surface area contributed by atoms with Crippen LogP contribution in [0.4, 0.5) is 0 Å². The van der Waals surface area contributed by atoms with Gasteiger partial charge in [-0.2, -0.15) is 4.98 Å². The molecule has 0 aliphatic rings. The van der Waals surface area contributed by atoms with E-state index in [1.165, 1.54) is 16.7 Å². The first-order valence-electron chi connectivity index (χ1n) is 5.41. The zero-order valence-corrected chi connectivity index (χ0v) is 9.75. The molecule has 0 unspecified atom stereocenters. The summed E-state index contributed by atoms with van der Waals surface area (Å²) in [6.07, 6.45) is -0.171. The summed E-state index contributed by atoms with van der Waals surface area (Å²) in [4.78, 5) is 26.2. The lowest BCUT2D eigenvalue weighted by atomic mass is 10.2. The number of phenolic OH excluding ortho intramolecular Hbond substituents is 1. The number of carbonyl (C=O) groups is 1. The Balaban J connectivity index is 2.66. The van der Waals surface area contributed by atoms with E-state index >= 15 is 0 Å². The number of aromatic nitrogens is 2. The van der Waals surface area contributed by atoms with Crippen LogP contribution in [0.5, 0.6) is 5.75 Å². The Kier molecular flexibility index (Phi) is 3.01. The molecule has 0 saturated heterocycles. The summed E-state index contributed by atoms with van der Waals surface area (Å²) in [5.41, 5.74) is 0.544. The molecule has 6 nitrogen and oxygen atoms in total. The number of aryl methyl sites for hydroxylation is 2. The van der Waals surface area contributed by atoms with Crippen molar-refractivity contribution in [1.29, 1.82) is 0 Å². The van der Waals surface area contributed by atoms with Gasteiger partial charge in [-0.3, -0.25) is 9.36 Å². The highest BCUT2D eigenvalue weighted by Gasteiger charge is 2.09. The molecule has 2 aromatic rings. The predicted octanol–water partition coefficient (Wildman–Crippen LogP) is 0.885. The molecule has 0 aliphatic heterocycles. The molecule has 94 valence electrons. The molecule has 2 N–H and O–H groups in total. The Bertz CT molecular complexity index is 676. The maximum Gasteiger partial charge on any atom is 0.348 e. The summed E-state index contributed by atoms with van der Waals surface area (Å²) in [5, 5.41) is 18.8. The average molecular weight is 248 g/mol. The Morgan fingerprint density at radius 2 is 2.17 bits per heavy atom. The van der Waals surface area contributed by atoms with Gasteiger partial charge in [-0.15, -0.1) is 0 Å². The van der Waals surface area contributed by atoms with Crippen LogP contribution < -0.4 is 5.69 Å². The molecule has 6 heteroatoms. The highest BCUT2D eigenvalue weighted by Crippen LogP contribution is 2.20. The van der Waals surface area contributed by atoms with Crippen LogP contribution in [0.2, 0.25) is 0 Å². The standard InChI is InChI=1S/C12H12N2O4/c1-7-9-3-2-8(15)6-10(9)14(12(18)13-7)5-4-11(16)17/h2-3,6,15H,4-5H2,1H3,(H,16,17). The fraction of sp³-hybridized carbons (Fsp3) is 0.250. The molecule has 1 heterocycles. The summed E-state index contributed by atoms with van der Waals surface area (Å²) in [7, 11) is 0. The van der Waals surface area contributed by atoms with Gasteiger partial charge >= 0.3 is 11.7 Å². The molecule has 1 aromatic carbocycles. The minimum absolute atomic E-state index is 0.0246. The monoisotopic (exact) mass is 248 g/mol. The summed E-state index contributed by atoms with van der Waals surface area (Å²) >= 11 is 0. The molecular formula is C12H12N2O4. The summed E-state index contributed by atoms with van der Waals surface area (Å²) in [6, 6.07) is 4.60. The zero-order valence-electron chi connectivity index (χ0n) is 9.75. The van der Waals surface area contributed by atoms with Gasteiger partial charge in [0.1, 0.15) is 5.75 Å². The average Bonchev–Trinajstić information content (AvgIpc) is 2.27. The number of benzene rings is 1. The molecule has 0 radical (unpaired) electrons. The Morgan fingerprint density at radius 3 is 2.83 bits per heavy atom. The van der Waals surface area contributed by atoms with E-state index in [9.17, 15) is 14.7 Å². The lowest BCUT2D eigenvalue weighted by Gasteiger charge is -2.10. The number of phenols is 1. The predicted molar refractivity (Wildman–Crippen MR) is 64.7 cm³/mol. The van der Waals surface area contributed by atoms with E-state index in [4.69, 9.17) is 5.11 Å². The SMILES string of the molecule is Cc1nc(=O)n(CCC(=O)O)c2cc(O)ccc12. The molecule has 0 aliphatic carbocycles. The molecule has 0 atom stereocenters. The molecule has 2 rings (SSSR count). The number of hydrogen-bond acceptors (Lipinski definition) is 4. The molecule has 18 heavy (non-hydrogen) atoms. The van der Waals surface area contributed by atoms with Crippen LogP contribution in [0.25, 0.3) is 10.9 Å². The number of aliphatic carboxylic acids is 1. The van der Waals surface area contributed by atoms with E-state index in [0.717, 1.165) is 5.39 Å². The van der Waals surface area contributed by atoms with Crippen LogP contribution in [-0.4, -0.2) is 25.7 Å². The van der Waals surface area contributed by atoms with Gasteiger partial charge in [0.2, 0.25) is 0 Å². The van der Waals surface area contributed by atoms with Crippen LogP contribution in [0.1, 0.15) is 12.1 Å². The van der Waals surface area contributed by atoms with Crippen molar-refractivity contribution >= 4 is 16.9 Å². The largest absolute Gasteiger partial charge is 0.508 e. The number of fused-ring (bicyclic) bond motifs is 1. The molecule has 0 saturated carbocycles. The molecule has 1 aromatic heterocycles. The summed E-state index contributed by atoms with van der Waals surface area (Å²) in [6.45, 7) is 1.73. The smallest absolute Gasteiger partial charge is 0.348 e. The number of nitrogens with zero attached hydrogens (tertiary/aromatic N) is 2. The Morgan fingerprint density at radius 1 is 1.44 bits per heavy atom. The fourth-order valence-electron chi connectivity index (χ4n) is 1.84. The first-order valence-corrected chi connectivity index (χ1v) is 5.41. The van der Waals surface area contributed by atoms with Gasteiger partial charge < -0.3 is 10.2 Å². The normalized spacial score (nSPS) is 10.7. The van der Waals surface area contributed by atoms with Crippen molar-refractivity contribution in [3.05, 3.63) is 34.4 Å². The van der Waals surface area contributed by atoms with E-state index in [1.54, 1.807) is 13.0 Å². The first-order chi connectivity index (χ1) is 8.49. The van der Waals surface area contributed by atoms with E-state index in [1.807, 2.05) is 0 Å². The number of hydrogen-bond donors (Lipinski definition) is 2. The van der Waals surface area contributed by atoms with Gasteiger partial charge in [-0.25, -0.2) is 4.79 Å². The number of rotatable bonds is 3. The van der Waals surface area contributed by atoms with Gasteiger partial charge in [0, 0.05) is 18.0 Å². The minimum atomic E-state index is -0.990. The van der Waals surface area contributed by atoms with Gasteiger partial charge in [-0.1, -0.05) is 0 Å². The zero-order chi connectivity index (χ0) is 13.3. The second-order valence-corrected chi connectivity index (χ2v) is 3.98. The van der Waals surface area contributed by atoms with Crippen molar-refractivity contribution < 1.29 is 15.0 Å². The quantitative estimate of drug-likeness (QED) is 0.841. The number of carboxylic acids is 1. The number of aromatic hydroxyl groups is 1. The van der Waals surface area contributed by atoms with Gasteiger partial charge in [0.15, 0.2) is 0 Å². The van der Waals surface area contributed by atoms with Crippen molar-refractivity contribution in [2.24, 2.45) is 0 Å². The van der Waals surface area contributed by atoms with Crippen LogP contribution in [0.15, 0.2) is 23.0 Å². The summed E-state index contributed by atoms with van der Waals surface area (Å²) < 4.78 is 1.26. The second kappa shape index (κ2) is 4.48. The Hall–Kier alpha value is -2.37. The lowest BCUT2D eigenvalue weighted by Crippen LogP contribution is -2.25. The Labute approximate surface area is 102 Å². The van der Waals surface area contributed by atoms with Crippen molar-refractivity contribution in [2.45, 2.75) is 19.9 Å². The van der Waals surface area contributed by atoms with Crippen molar-refractivity contribution in [3.63, 3.8) is 0 Å². The van der Waals surface area contributed by atoms with Crippen LogP contribution in [0.3, 0.4) is 0 Å². The third-order valence-electron chi connectivity index (χ3n) is 2.71. The van der Waals surface area contributed by atoms with Gasteiger partial charge in [-0.05, 0) is 19.1 Å². The lowest BCUT2D eigenvalue weighted by molar-refractivity contribution is -0.137.